The fraction of sp³-hybridized carbons (Fsp3) is 0.571. The molecule has 1 aromatic rings. The summed E-state index contributed by atoms with van der Waals surface area (Å²) >= 11 is 12.1. The summed E-state index contributed by atoms with van der Waals surface area (Å²) in [7, 11) is 1.66. The number of halogens is 3. The highest BCUT2D eigenvalue weighted by atomic mass is 35.5. The average molecular weight is 308 g/mol. The number of methoxy groups -OCH3 is 1. The first-order chi connectivity index (χ1) is 8.88. The first-order valence-electron chi connectivity index (χ1n) is 6.26. The van der Waals surface area contributed by atoms with Crippen molar-refractivity contribution in [1.82, 2.24) is 5.32 Å². The summed E-state index contributed by atoms with van der Waals surface area (Å²) in [4.78, 5) is 0. The summed E-state index contributed by atoms with van der Waals surface area (Å²) in [5.74, 6) is -0.0731. The third-order valence-electron chi connectivity index (χ3n) is 3.13. The Hall–Kier alpha value is -0.350. The molecule has 2 unspecified atom stereocenters. The summed E-state index contributed by atoms with van der Waals surface area (Å²) < 4.78 is 18.7. The van der Waals surface area contributed by atoms with E-state index in [2.05, 4.69) is 19.2 Å². The van der Waals surface area contributed by atoms with Crippen LogP contribution in [0.25, 0.3) is 0 Å². The zero-order valence-electron chi connectivity index (χ0n) is 11.6. The molecular weight excluding hydrogens is 288 g/mol. The minimum absolute atomic E-state index is 0.0763. The van der Waals surface area contributed by atoms with Crippen molar-refractivity contribution in [2.45, 2.75) is 32.9 Å². The van der Waals surface area contributed by atoms with E-state index in [0.717, 1.165) is 0 Å². The fourth-order valence-corrected chi connectivity index (χ4v) is 2.65. The Morgan fingerprint density at radius 2 is 1.89 bits per heavy atom. The smallest absolute Gasteiger partial charge is 0.142 e. The van der Waals surface area contributed by atoms with Crippen LogP contribution in [-0.2, 0) is 4.74 Å². The molecule has 0 radical (unpaired) electrons. The summed E-state index contributed by atoms with van der Waals surface area (Å²) in [6.07, 6.45) is 0. The summed E-state index contributed by atoms with van der Waals surface area (Å²) in [5, 5.41) is 3.92. The van der Waals surface area contributed by atoms with Crippen LogP contribution in [0.3, 0.4) is 0 Å². The predicted molar refractivity (Wildman–Crippen MR) is 78.5 cm³/mol. The van der Waals surface area contributed by atoms with Crippen LogP contribution in [0, 0.1) is 11.7 Å². The Bertz CT molecular complexity index is 426. The SMILES string of the molecule is COCC(NC(C)c1c(Cl)ccc(F)c1Cl)C(C)C. The Labute approximate surface area is 124 Å². The Morgan fingerprint density at radius 1 is 1.26 bits per heavy atom. The van der Waals surface area contributed by atoms with Crippen LogP contribution < -0.4 is 5.32 Å². The van der Waals surface area contributed by atoms with Gasteiger partial charge in [0.05, 0.1) is 11.6 Å². The van der Waals surface area contributed by atoms with Gasteiger partial charge >= 0.3 is 0 Å². The second kappa shape index (κ2) is 7.44. The van der Waals surface area contributed by atoms with E-state index >= 15 is 0 Å². The van der Waals surface area contributed by atoms with E-state index in [9.17, 15) is 4.39 Å². The van der Waals surface area contributed by atoms with Gasteiger partial charge in [0.15, 0.2) is 0 Å². The number of benzene rings is 1. The van der Waals surface area contributed by atoms with Crippen LogP contribution in [0.2, 0.25) is 10.0 Å². The molecular formula is C14H20Cl2FNO. The van der Waals surface area contributed by atoms with Crippen molar-refractivity contribution in [2.75, 3.05) is 13.7 Å². The van der Waals surface area contributed by atoms with Crippen molar-refractivity contribution in [3.05, 3.63) is 33.6 Å². The number of rotatable bonds is 6. The lowest BCUT2D eigenvalue weighted by atomic mass is 10.0. The lowest BCUT2D eigenvalue weighted by Crippen LogP contribution is -2.39. The number of hydrogen-bond acceptors (Lipinski definition) is 2. The zero-order valence-corrected chi connectivity index (χ0v) is 13.1. The van der Waals surface area contributed by atoms with Gasteiger partial charge in [0.25, 0.3) is 0 Å². The minimum atomic E-state index is -0.456. The van der Waals surface area contributed by atoms with Crippen molar-refractivity contribution < 1.29 is 9.13 Å². The molecule has 5 heteroatoms. The van der Waals surface area contributed by atoms with E-state index in [0.29, 0.717) is 23.1 Å². The van der Waals surface area contributed by atoms with Crippen molar-refractivity contribution in [3.8, 4) is 0 Å². The molecule has 2 atom stereocenters. The molecule has 2 nitrogen and oxygen atoms in total. The van der Waals surface area contributed by atoms with E-state index in [1.54, 1.807) is 7.11 Å². The van der Waals surface area contributed by atoms with Crippen LogP contribution in [0.1, 0.15) is 32.4 Å². The van der Waals surface area contributed by atoms with E-state index in [1.165, 1.54) is 12.1 Å². The van der Waals surface area contributed by atoms with Gasteiger partial charge in [0, 0.05) is 29.8 Å². The molecule has 0 fully saturated rings. The van der Waals surface area contributed by atoms with Crippen LogP contribution in [-0.4, -0.2) is 19.8 Å². The maximum atomic E-state index is 13.5. The molecule has 0 amide bonds. The van der Waals surface area contributed by atoms with Crippen molar-refractivity contribution in [3.63, 3.8) is 0 Å². The molecule has 1 N–H and O–H groups in total. The molecule has 0 spiro atoms. The van der Waals surface area contributed by atoms with Crippen LogP contribution in [0.15, 0.2) is 12.1 Å². The summed E-state index contributed by atoms with van der Waals surface area (Å²) in [6, 6.07) is 2.79. The van der Waals surface area contributed by atoms with Gasteiger partial charge in [-0.15, -0.1) is 0 Å². The van der Waals surface area contributed by atoms with Gasteiger partial charge in [0.1, 0.15) is 5.82 Å². The molecule has 0 bridgehead atoms. The third kappa shape index (κ3) is 4.32. The molecule has 0 saturated heterocycles. The van der Waals surface area contributed by atoms with Gasteiger partial charge in [-0.25, -0.2) is 4.39 Å². The first kappa shape index (κ1) is 16.7. The van der Waals surface area contributed by atoms with E-state index in [-0.39, 0.29) is 17.1 Å². The predicted octanol–water partition coefficient (Wildman–Crippen LogP) is 4.45. The molecule has 0 saturated carbocycles. The van der Waals surface area contributed by atoms with E-state index < -0.39 is 5.82 Å². The van der Waals surface area contributed by atoms with Crippen LogP contribution >= 0.6 is 23.2 Å². The monoisotopic (exact) mass is 307 g/mol. The quantitative estimate of drug-likeness (QED) is 0.784. The Morgan fingerprint density at radius 3 is 2.42 bits per heavy atom. The second-order valence-electron chi connectivity index (χ2n) is 4.95. The highest BCUT2D eigenvalue weighted by Crippen LogP contribution is 2.32. The standard InChI is InChI=1S/C14H20Cl2FNO/c1-8(2)12(7-19-4)18-9(3)13-10(15)5-6-11(17)14(13)16/h5-6,8-9,12,18H,7H2,1-4H3. The lowest BCUT2D eigenvalue weighted by molar-refractivity contribution is 0.141. The lowest BCUT2D eigenvalue weighted by Gasteiger charge is -2.27. The van der Waals surface area contributed by atoms with Crippen LogP contribution in [0.5, 0.6) is 0 Å². The van der Waals surface area contributed by atoms with Gasteiger partial charge in [-0.3, -0.25) is 0 Å². The van der Waals surface area contributed by atoms with Crippen molar-refractivity contribution >= 4 is 23.2 Å². The minimum Gasteiger partial charge on any atom is -0.383 e. The van der Waals surface area contributed by atoms with Gasteiger partial charge in [-0.05, 0) is 25.0 Å². The number of hydrogen-bond donors (Lipinski definition) is 1. The summed E-state index contributed by atoms with van der Waals surface area (Å²) in [5.41, 5.74) is 0.588. The first-order valence-corrected chi connectivity index (χ1v) is 7.02. The second-order valence-corrected chi connectivity index (χ2v) is 5.74. The van der Waals surface area contributed by atoms with Crippen molar-refractivity contribution in [2.24, 2.45) is 5.92 Å². The summed E-state index contributed by atoms with van der Waals surface area (Å²) in [6.45, 7) is 6.68. The Kier molecular flexibility index (Phi) is 6.54. The molecule has 108 valence electrons. The molecule has 0 aliphatic rings. The fourth-order valence-electron chi connectivity index (χ4n) is 1.96. The Balaban J connectivity index is 2.94. The average Bonchev–Trinajstić information content (AvgIpc) is 2.33. The third-order valence-corrected chi connectivity index (χ3v) is 3.84. The topological polar surface area (TPSA) is 21.3 Å². The van der Waals surface area contributed by atoms with E-state index in [1.807, 2.05) is 6.92 Å². The zero-order chi connectivity index (χ0) is 14.6. The van der Waals surface area contributed by atoms with Gasteiger partial charge in [-0.2, -0.15) is 0 Å². The largest absolute Gasteiger partial charge is 0.383 e. The molecule has 0 aromatic heterocycles. The molecule has 19 heavy (non-hydrogen) atoms. The van der Waals surface area contributed by atoms with Crippen molar-refractivity contribution in [1.29, 1.82) is 0 Å². The maximum Gasteiger partial charge on any atom is 0.142 e. The van der Waals surface area contributed by atoms with Gasteiger partial charge in [-0.1, -0.05) is 37.0 Å². The highest BCUT2D eigenvalue weighted by molar-refractivity contribution is 6.36. The van der Waals surface area contributed by atoms with Crippen LogP contribution in [0.4, 0.5) is 4.39 Å². The normalized spacial score (nSPS) is 14.7. The molecule has 0 heterocycles. The van der Waals surface area contributed by atoms with Gasteiger partial charge < -0.3 is 10.1 Å². The molecule has 1 aromatic carbocycles. The highest BCUT2D eigenvalue weighted by Gasteiger charge is 2.21. The maximum absolute atomic E-state index is 13.5. The molecule has 1 rings (SSSR count). The van der Waals surface area contributed by atoms with Gasteiger partial charge in [0.2, 0.25) is 0 Å². The molecule has 0 aliphatic carbocycles. The number of nitrogens with one attached hydrogen (secondary N) is 1. The van der Waals surface area contributed by atoms with E-state index in [4.69, 9.17) is 27.9 Å². The number of ether oxygens (including phenoxy) is 1. The molecule has 0 aliphatic heterocycles.